The molecule has 1 aromatic rings. The van der Waals surface area contributed by atoms with E-state index in [-0.39, 0.29) is 0 Å². The van der Waals surface area contributed by atoms with Gasteiger partial charge in [-0.2, -0.15) is 5.26 Å². The summed E-state index contributed by atoms with van der Waals surface area (Å²) in [4.78, 5) is 0. The first-order chi connectivity index (χ1) is 11.6. The Hall–Kier alpha value is -1.29. The number of nitriles is 1. The zero-order valence-electron chi connectivity index (χ0n) is 15.6. The lowest BCUT2D eigenvalue weighted by atomic mass is 9.63. The summed E-state index contributed by atoms with van der Waals surface area (Å²) in [5, 5.41) is 8.94. The number of benzene rings is 1. The lowest BCUT2D eigenvalue weighted by Crippen LogP contribution is -2.29. The van der Waals surface area contributed by atoms with Gasteiger partial charge >= 0.3 is 0 Å². The van der Waals surface area contributed by atoms with Crippen LogP contribution < -0.4 is 0 Å². The molecule has 0 N–H and O–H groups in total. The molecule has 1 heteroatoms. The molecule has 2 aliphatic rings. The molecule has 0 spiro atoms. The second kappa shape index (κ2) is 7.73. The first-order valence-electron chi connectivity index (χ1n) is 10.1. The highest BCUT2D eigenvalue weighted by Crippen LogP contribution is 2.48. The van der Waals surface area contributed by atoms with E-state index in [1.807, 2.05) is 12.1 Å². The van der Waals surface area contributed by atoms with Crippen LogP contribution >= 0.6 is 0 Å². The Labute approximate surface area is 148 Å². The van der Waals surface area contributed by atoms with E-state index in [1.165, 1.54) is 69.8 Å². The quantitative estimate of drug-likeness (QED) is 0.595. The largest absolute Gasteiger partial charge is 0.192 e. The van der Waals surface area contributed by atoms with E-state index < -0.39 is 0 Å². The maximum Gasteiger partial charge on any atom is 0.0991 e. The highest BCUT2D eigenvalue weighted by molar-refractivity contribution is 5.33. The smallest absolute Gasteiger partial charge is 0.0991 e. The number of hydrogen-bond donors (Lipinski definition) is 0. The zero-order valence-corrected chi connectivity index (χ0v) is 15.6. The van der Waals surface area contributed by atoms with Crippen LogP contribution in [0.2, 0.25) is 0 Å². The van der Waals surface area contributed by atoms with E-state index in [4.69, 9.17) is 5.26 Å². The average Bonchev–Trinajstić information content (AvgIpc) is 2.63. The van der Waals surface area contributed by atoms with Gasteiger partial charge in [-0.3, -0.25) is 0 Å². The van der Waals surface area contributed by atoms with E-state index in [0.717, 1.165) is 23.3 Å². The molecule has 2 saturated carbocycles. The van der Waals surface area contributed by atoms with Crippen LogP contribution in [0.4, 0.5) is 0 Å². The van der Waals surface area contributed by atoms with Crippen molar-refractivity contribution in [3.8, 4) is 6.07 Å². The van der Waals surface area contributed by atoms with Crippen LogP contribution in [-0.2, 0) is 0 Å². The third-order valence-corrected chi connectivity index (χ3v) is 7.04. The van der Waals surface area contributed by atoms with E-state index in [1.54, 1.807) is 0 Å². The van der Waals surface area contributed by atoms with Gasteiger partial charge in [0.25, 0.3) is 0 Å². The summed E-state index contributed by atoms with van der Waals surface area (Å²) in [6, 6.07) is 10.6. The van der Waals surface area contributed by atoms with Gasteiger partial charge < -0.3 is 0 Å². The highest BCUT2D eigenvalue weighted by Gasteiger charge is 2.35. The van der Waals surface area contributed by atoms with E-state index in [9.17, 15) is 0 Å². The molecule has 0 saturated heterocycles. The molecule has 0 bridgehead atoms. The molecule has 24 heavy (non-hydrogen) atoms. The molecule has 2 aliphatic carbocycles. The molecule has 130 valence electrons. The van der Waals surface area contributed by atoms with Gasteiger partial charge in [0.2, 0.25) is 0 Å². The van der Waals surface area contributed by atoms with Crippen molar-refractivity contribution < 1.29 is 0 Å². The molecule has 0 atom stereocenters. The normalized spacial score (nSPS) is 33.8. The Morgan fingerprint density at radius 2 is 1.54 bits per heavy atom. The summed E-state index contributed by atoms with van der Waals surface area (Å²) in [6.45, 7) is 4.86. The number of hydrogen-bond acceptors (Lipinski definition) is 1. The summed E-state index contributed by atoms with van der Waals surface area (Å²) >= 11 is 0. The summed E-state index contributed by atoms with van der Waals surface area (Å²) in [5.41, 5.74) is 2.88. The Balaban J connectivity index is 1.49. The second-order valence-corrected chi connectivity index (χ2v) is 8.74. The van der Waals surface area contributed by atoms with Gasteiger partial charge in [0, 0.05) is 0 Å². The van der Waals surface area contributed by atoms with E-state index >= 15 is 0 Å². The molecule has 0 aliphatic heterocycles. The Bertz CT molecular complexity index is 549. The van der Waals surface area contributed by atoms with Gasteiger partial charge in [0.1, 0.15) is 0 Å². The van der Waals surface area contributed by atoms with Crippen molar-refractivity contribution in [2.24, 2.45) is 17.3 Å². The third-order valence-electron chi connectivity index (χ3n) is 7.04. The lowest BCUT2D eigenvalue weighted by molar-refractivity contribution is 0.104. The maximum atomic E-state index is 8.94. The Morgan fingerprint density at radius 3 is 2.08 bits per heavy atom. The minimum Gasteiger partial charge on any atom is -0.192 e. The molecule has 0 heterocycles. The molecule has 3 rings (SSSR count). The fraction of sp³-hybridized carbons (Fsp3) is 0.696. The molecule has 0 unspecified atom stereocenters. The van der Waals surface area contributed by atoms with Crippen LogP contribution in [0.1, 0.15) is 95.1 Å². The van der Waals surface area contributed by atoms with Crippen molar-refractivity contribution in [1.29, 1.82) is 5.26 Å². The molecular formula is C23H33N. The van der Waals surface area contributed by atoms with Gasteiger partial charge in [-0.25, -0.2) is 0 Å². The zero-order chi connectivity index (χ0) is 17.0. The molecule has 0 radical (unpaired) electrons. The minimum atomic E-state index is 0.644. The van der Waals surface area contributed by atoms with Gasteiger partial charge in [0.05, 0.1) is 11.6 Å². The number of nitrogens with zero attached hydrogens (tertiary/aromatic N) is 1. The summed E-state index contributed by atoms with van der Waals surface area (Å²) in [7, 11) is 0. The SMILES string of the molecule is CCCC1(C)CCC(C2CCC(c3ccc(C#N)cc3)CC2)CC1. The standard InChI is InChI=1S/C23H33N/c1-3-14-23(2)15-12-22(13-16-23)21-10-8-20(9-11-21)19-6-4-18(17-24)5-7-19/h4-7,20-22H,3,8-16H2,1-2H3. The topological polar surface area (TPSA) is 23.8 Å². The number of rotatable bonds is 4. The van der Waals surface area contributed by atoms with Crippen molar-refractivity contribution in [3.63, 3.8) is 0 Å². The summed E-state index contributed by atoms with van der Waals surface area (Å²) in [5.74, 6) is 2.70. The predicted molar refractivity (Wildman–Crippen MR) is 101 cm³/mol. The van der Waals surface area contributed by atoms with Crippen LogP contribution in [0.25, 0.3) is 0 Å². The average molecular weight is 324 g/mol. The van der Waals surface area contributed by atoms with Crippen molar-refractivity contribution in [2.45, 2.75) is 84.0 Å². The fourth-order valence-electron chi connectivity index (χ4n) is 5.42. The highest BCUT2D eigenvalue weighted by atomic mass is 14.4. The second-order valence-electron chi connectivity index (χ2n) is 8.74. The van der Waals surface area contributed by atoms with Crippen LogP contribution in [0.15, 0.2) is 24.3 Å². The molecule has 1 aromatic carbocycles. The first-order valence-corrected chi connectivity index (χ1v) is 10.1. The predicted octanol–water partition coefficient (Wildman–Crippen LogP) is 6.83. The molecule has 0 aromatic heterocycles. The minimum absolute atomic E-state index is 0.644. The van der Waals surface area contributed by atoms with Crippen molar-refractivity contribution in [1.82, 2.24) is 0 Å². The molecule has 1 nitrogen and oxygen atoms in total. The van der Waals surface area contributed by atoms with Crippen LogP contribution in [0, 0.1) is 28.6 Å². The van der Waals surface area contributed by atoms with E-state index in [2.05, 4.69) is 32.0 Å². The van der Waals surface area contributed by atoms with Crippen LogP contribution in [0.3, 0.4) is 0 Å². The third kappa shape index (κ3) is 4.02. The molecule has 0 amide bonds. The van der Waals surface area contributed by atoms with Gasteiger partial charge in [-0.05, 0) is 98.7 Å². The van der Waals surface area contributed by atoms with Gasteiger partial charge in [0.15, 0.2) is 0 Å². The lowest BCUT2D eigenvalue weighted by Gasteiger charge is -2.42. The molecular weight excluding hydrogens is 290 g/mol. The van der Waals surface area contributed by atoms with Crippen molar-refractivity contribution >= 4 is 0 Å². The monoisotopic (exact) mass is 323 g/mol. The van der Waals surface area contributed by atoms with Crippen LogP contribution in [-0.4, -0.2) is 0 Å². The Kier molecular flexibility index (Phi) is 5.65. The summed E-state index contributed by atoms with van der Waals surface area (Å²) < 4.78 is 0. The molecule has 2 fully saturated rings. The van der Waals surface area contributed by atoms with E-state index in [0.29, 0.717) is 5.41 Å². The maximum absolute atomic E-state index is 8.94. The van der Waals surface area contributed by atoms with Crippen molar-refractivity contribution in [2.75, 3.05) is 0 Å². The van der Waals surface area contributed by atoms with Gasteiger partial charge in [-0.1, -0.05) is 32.4 Å². The first kappa shape index (κ1) is 17.5. The summed E-state index contributed by atoms with van der Waals surface area (Å²) in [6.07, 6.45) is 14.2. The van der Waals surface area contributed by atoms with Gasteiger partial charge in [-0.15, -0.1) is 0 Å². The van der Waals surface area contributed by atoms with Crippen molar-refractivity contribution in [3.05, 3.63) is 35.4 Å². The fourth-order valence-corrected chi connectivity index (χ4v) is 5.42. The Morgan fingerprint density at radius 1 is 0.958 bits per heavy atom. The van der Waals surface area contributed by atoms with Crippen LogP contribution in [0.5, 0.6) is 0 Å².